The third kappa shape index (κ3) is 10.4. The highest BCUT2D eigenvalue weighted by Gasteiger charge is 2.12. The summed E-state index contributed by atoms with van der Waals surface area (Å²) in [5, 5.41) is 6.68. The largest absolute Gasteiger partial charge is 0.467 e. The molecule has 1 fully saturated rings. The van der Waals surface area contributed by atoms with Crippen molar-refractivity contribution in [3.8, 4) is 0 Å². The van der Waals surface area contributed by atoms with Gasteiger partial charge in [-0.2, -0.15) is 0 Å². The van der Waals surface area contributed by atoms with Crippen LogP contribution in [0, 0.1) is 0 Å². The van der Waals surface area contributed by atoms with Gasteiger partial charge < -0.3 is 24.5 Å². The highest BCUT2D eigenvalue weighted by atomic mass is 16.5. The van der Waals surface area contributed by atoms with Crippen molar-refractivity contribution in [1.29, 1.82) is 0 Å². The fraction of sp³-hybridized carbons (Fsp3) is 0.762. The molecule has 0 bridgehead atoms. The first-order chi connectivity index (χ1) is 13.4. The first-order valence-corrected chi connectivity index (χ1v) is 10.5. The highest BCUT2D eigenvalue weighted by Crippen LogP contribution is 2.20. The molecule has 2 rings (SSSR count). The van der Waals surface area contributed by atoms with Gasteiger partial charge in [-0.25, -0.2) is 0 Å². The molecule has 27 heavy (non-hydrogen) atoms. The van der Waals surface area contributed by atoms with Gasteiger partial charge >= 0.3 is 0 Å². The predicted molar refractivity (Wildman–Crippen MR) is 109 cm³/mol. The van der Waals surface area contributed by atoms with Gasteiger partial charge in [-0.3, -0.25) is 4.99 Å². The molecule has 1 aromatic heterocycles. The monoisotopic (exact) mass is 379 g/mol. The van der Waals surface area contributed by atoms with Gasteiger partial charge in [-0.1, -0.05) is 19.3 Å². The number of hydrogen-bond acceptors (Lipinski definition) is 4. The van der Waals surface area contributed by atoms with Crippen LogP contribution in [0.4, 0.5) is 0 Å². The van der Waals surface area contributed by atoms with Crippen molar-refractivity contribution >= 4 is 5.96 Å². The van der Waals surface area contributed by atoms with E-state index < -0.39 is 0 Å². The fourth-order valence-electron chi connectivity index (χ4n) is 3.26. The molecule has 0 radical (unpaired) electrons. The van der Waals surface area contributed by atoms with Crippen LogP contribution in [0.25, 0.3) is 0 Å². The number of unbranched alkanes of at least 4 members (excludes halogenated alkanes) is 2. The molecule has 1 aliphatic rings. The Morgan fingerprint density at radius 2 is 1.89 bits per heavy atom. The highest BCUT2D eigenvalue weighted by molar-refractivity contribution is 5.79. The Kier molecular flexibility index (Phi) is 11.7. The normalized spacial score (nSPS) is 15.8. The van der Waals surface area contributed by atoms with E-state index in [0.717, 1.165) is 50.7 Å². The third-order valence-electron chi connectivity index (χ3n) is 4.83. The van der Waals surface area contributed by atoms with Gasteiger partial charge in [0, 0.05) is 33.4 Å². The van der Waals surface area contributed by atoms with E-state index in [0.29, 0.717) is 19.3 Å². The van der Waals surface area contributed by atoms with Crippen molar-refractivity contribution in [3.63, 3.8) is 0 Å². The third-order valence-corrected chi connectivity index (χ3v) is 4.83. The van der Waals surface area contributed by atoms with Crippen LogP contribution in [-0.4, -0.2) is 45.4 Å². The van der Waals surface area contributed by atoms with E-state index in [-0.39, 0.29) is 0 Å². The average molecular weight is 380 g/mol. The Balaban J connectivity index is 1.36. The predicted octanol–water partition coefficient (Wildman–Crippen LogP) is 3.87. The number of aliphatic imine (C=N–C) groups is 1. The van der Waals surface area contributed by atoms with Gasteiger partial charge in [-0.15, -0.1) is 0 Å². The lowest BCUT2D eigenvalue weighted by molar-refractivity contribution is 0.0264. The standard InChI is InChI=1S/C21H37N3O3/c1-22-21(24-14-9-15-25-18-20-12-8-17-27-20)23-13-6-3-7-16-26-19-10-4-2-5-11-19/h8,12,17,19H,2-7,9-11,13-16,18H2,1H3,(H2,22,23,24). The summed E-state index contributed by atoms with van der Waals surface area (Å²) in [5.41, 5.74) is 0. The molecule has 0 spiro atoms. The number of furan rings is 1. The fourth-order valence-corrected chi connectivity index (χ4v) is 3.26. The molecule has 0 aliphatic heterocycles. The van der Waals surface area contributed by atoms with Crippen molar-refractivity contribution in [2.75, 3.05) is 33.4 Å². The molecule has 154 valence electrons. The number of nitrogens with one attached hydrogen (secondary N) is 2. The van der Waals surface area contributed by atoms with Crippen molar-refractivity contribution in [3.05, 3.63) is 24.2 Å². The minimum Gasteiger partial charge on any atom is -0.467 e. The molecule has 6 nitrogen and oxygen atoms in total. The van der Waals surface area contributed by atoms with Crippen molar-refractivity contribution < 1.29 is 13.9 Å². The summed E-state index contributed by atoms with van der Waals surface area (Å²) in [6.07, 6.45) is 13.2. The van der Waals surface area contributed by atoms with Crippen LogP contribution in [0.1, 0.15) is 63.5 Å². The molecule has 0 aromatic carbocycles. The Morgan fingerprint density at radius 3 is 2.63 bits per heavy atom. The molecule has 0 amide bonds. The van der Waals surface area contributed by atoms with Gasteiger partial charge in [0.15, 0.2) is 5.96 Å². The van der Waals surface area contributed by atoms with Crippen LogP contribution in [0.3, 0.4) is 0 Å². The lowest BCUT2D eigenvalue weighted by Gasteiger charge is -2.21. The molecule has 1 aliphatic carbocycles. The molecule has 6 heteroatoms. The van der Waals surface area contributed by atoms with Gasteiger partial charge in [-0.05, 0) is 50.7 Å². The number of hydrogen-bond donors (Lipinski definition) is 2. The summed E-state index contributed by atoms with van der Waals surface area (Å²) in [4.78, 5) is 4.26. The maximum atomic E-state index is 5.97. The van der Waals surface area contributed by atoms with Crippen LogP contribution in [0.15, 0.2) is 27.8 Å². The lowest BCUT2D eigenvalue weighted by atomic mass is 9.98. The Morgan fingerprint density at radius 1 is 1.07 bits per heavy atom. The second kappa shape index (κ2) is 14.5. The lowest BCUT2D eigenvalue weighted by Crippen LogP contribution is -2.38. The second-order valence-electron chi connectivity index (χ2n) is 7.10. The van der Waals surface area contributed by atoms with E-state index in [9.17, 15) is 0 Å². The zero-order chi connectivity index (χ0) is 19.0. The van der Waals surface area contributed by atoms with Crippen LogP contribution in [0.5, 0.6) is 0 Å². The zero-order valence-electron chi connectivity index (χ0n) is 16.9. The minimum atomic E-state index is 0.531. The summed E-state index contributed by atoms with van der Waals surface area (Å²) in [6, 6.07) is 3.80. The topological polar surface area (TPSA) is 68.0 Å². The first-order valence-electron chi connectivity index (χ1n) is 10.5. The number of guanidine groups is 1. The molecule has 1 heterocycles. The molecule has 2 N–H and O–H groups in total. The maximum absolute atomic E-state index is 5.97. The summed E-state index contributed by atoms with van der Waals surface area (Å²) in [7, 11) is 1.81. The number of rotatable bonds is 13. The van der Waals surface area contributed by atoms with E-state index >= 15 is 0 Å². The van der Waals surface area contributed by atoms with Crippen LogP contribution >= 0.6 is 0 Å². The number of nitrogens with zero attached hydrogens (tertiary/aromatic N) is 1. The Labute approximate surface area is 164 Å². The van der Waals surface area contributed by atoms with Gasteiger partial charge in [0.1, 0.15) is 12.4 Å². The second-order valence-corrected chi connectivity index (χ2v) is 7.10. The molecule has 0 unspecified atom stereocenters. The van der Waals surface area contributed by atoms with Gasteiger partial charge in [0.05, 0.1) is 12.4 Å². The minimum absolute atomic E-state index is 0.531. The van der Waals surface area contributed by atoms with Crippen molar-refractivity contribution in [2.24, 2.45) is 4.99 Å². The molecular weight excluding hydrogens is 342 g/mol. The Bertz CT molecular complexity index is 485. The maximum Gasteiger partial charge on any atom is 0.190 e. The Hall–Kier alpha value is -1.53. The molecule has 1 aromatic rings. The van der Waals surface area contributed by atoms with Crippen LogP contribution in [-0.2, 0) is 16.1 Å². The van der Waals surface area contributed by atoms with Crippen LogP contribution < -0.4 is 10.6 Å². The zero-order valence-corrected chi connectivity index (χ0v) is 16.9. The van der Waals surface area contributed by atoms with E-state index in [2.05, 4.69) is 15.6 Å². The smallest absolute Gasteiger partial charge is 0.190 e. The van der Waals surface area contributed by atoms with Crippen molar-refractivity contribution in [1.82, 2.24) is 10.6 Å². The molecular formula is C21H37N3O3. The SMILES string of the molecule is CN=C(NCCCCCOC1CCCCC1)NCCCOCc1ccco1. The quantitative estimate of drug-likeness (QED) is 0.309. The van der Waals surface area contributed by atoms with E-state index in [1.807, 2.05) is 12.1 Å². The molecule has 1 saturated carbocycles. The average Bonchev–Trinajstić information content (AvgIpc) is 3.22. The molecule has 0 saturated heterocycles. The van der Waals surface area contributed by atoms with Crippen molar-refractivity contribution in [2.45, 2.75) is 70.5 Å². The summed E-state index contributed by atoms with van der Waals surface area (Å²) in [6.45, 7) is 3.93. The van der Waals surface area contributed by atoms with E-state index in [1.165, 1.54) is 38.5 Å². The summed E-state index contributed by atoms with van der Waals surface area (Å²) >= 11 is 0. The summed E-state index contributed by atoms with van der Waals surface area (Å²) in [5.74, 6) is 1.73. The van der Waals surface area contributed by atoms with Gasteiger partial charge in [0.25, 0.3) is 0 Å². The van der Waals surface area contributed by atoms with Crippen LogP contribution in [0.2, 0.25) is 0 Å². The van der Waals surface area contributed by atoms with Gasteiger partial charge in [0.2, 0.25) is 0 Å². The first kappa shape index (κ1) is 21.8. The molecule has 0 atom stereocenters. The van der Waals surface area contributed by atoms with E-state index in [1.54, 1.807) is 13.3 Å². The number of ether oxygens (including phenoxy) is 2. The van der Waals surface area contributed by atoms with E-state index in [4.69, 9.17) is 13.9 Å². The summed E-state index contributed by atoms with van der Waals surface area (Å²) < 4.78 is 16.8.